The second-order valence-corrected chi connectivity index (χ2v) is 7.81. The zero-order chi connectivity index (χ0) is 23.9. The fraction of sp³-hybridized carbons (Fsp3) is 0.200. The highest BCUT2D eigenvalue weighted by Crippen LogP contribution is 2.34. The summed E-state index contributed by atoms with van der Waals surface area (Å²) in [4.78, 5) is 29.7. The Morgan fingerprint density at radius 3 is 2.79 bits per heavy atom. The van der Waals surface area contributed by atoms with E-state index in [-0.39, 0.29) is 11.9 Å². The molecule has 1 aliphatic rings. The van der Waals surface area contributed by atoms with Crippen molar-refractivity contribution in [3.8, 4) is 11.5 Å². The molecule has 0 aliphatic carbocycles. The average molecular weight is 461 g/mol. The Labute approximate surface area is 196 Å². The largest absolute Gasteiger partial charge is 0.457 e. The Balaban J connectivity index is 1.51. The lowest BCUT2D eigenvalue weighted by Gasteiger charge is -2.33. The predicted molar refractivity (Wildman–Crippen MR) is 129 cm³/mol. The van der Waals surface area contributed by atoms with Crippen molar-refractivity contribution < 1.29 is 13.9 Å². The standard InChI is InChI=1S/C25H24FN5O3/c1-2-25(32)30-14-4-6-19(17-30)28-23-12-13-27-16-24(23)31(29-33)20-8-10-21(11-9-20)34-22-7-3-5-18(26)15-22/h2-3,5,7-13,15-16,19H,1,4,6,14,17H2,(H,27,28). The van der Waals surface area contributed by atoms with Gasteiger partial charge >= 0.3 is 0 Å². The van der Waals surface area contributed by atoms with Gasteiger partial charge in [-0.3, -0.25) is 9.78 Å². The molecule has 1 unspecified atom stereocenters. The zero-order valence-corrected chi connectivity index (χ0v) is 18.4. The Kier molecular flexibility index (Phi) is 7.12. The first-order chi connectivity index (χ1) is 16.6. The number of hydrogen-bond donors (Lipinski definition) is 1. The second kappa shape index (κ2) is 10.6. The summed E-state index contributed by atoms with van der Waals surface area (Å²) in [6.45, 7) is 4.79. The van der Waals surface area contributed by atoms with Gasteiger partial charge in [0.2, 0.25) is 5.91 Å². The molecule has 3 aromatic rings. The maximum Gasteiger partial charge on any atom is 0.246 e. The number of amides is 1. The minimum atomic E-state index is -0.392. The lowest BCUT2D eigenvalue weighted by molar-refractivity contribution is -0.127. The van der Waals surface area contributed by atoms with Gasteiger partial charge in [0, 0.05) is 31.4 Å². The highest BCUT2D eigenvalue weighted by Gasteiger charge is 2.24. The van der Waals surface area contributed by atoms with E-state index in [1.807, 2.05) is 0 Å². The van der Waals surface area contributed by atoms with Gasteiger partial charge in [-0.25, -0.2) is 4.39 Å². The van der Waals surface area contributed by atoms with Gasteiger partial charge < -0.3 is 15.0 Å². The number of aromatic nitrogens is 1. The summed E-state index contributed by atoms with van der Waals surface area (Å²) in [6, 6.07) is 14.3. The molecule has 4 rings (SSSR count). The van der Waals surface area contributed by atoms with Crippen molar-refractivity contribution in [2.24, 2.45) is 5.29 Å². The third-order valence-corrected chi connectivity index (χ3v) is 5.49. The number of benzene rings is 2. The number of likely N-dealkylation sites (tertiary alicyclic amines) is 1. The highest BCUT2D eigenvalue weighted by molar-refractivity contribution is 5.87. The van der Waals surface area contributed by atoms with E-state index < -0.39 is 5.82 Å². The molecule has 8 nitrogen and oxygen atoms in total. The molecule has 1 atom stereocenters. The van der Waals surface area contributed by atoms with Crippen molar-refractivity contribution in [2.75, 3.05) is 23.4 Å². The molecule has 0 radical (unpaired) electrons. The van der Waals surface area contributed by atoms with Crippen LogP contribution >= 0.6 is 0 Å². The number of nitroso groups, excluding NO2 is 1. The van der Waals surface area contributed by atoms with Crippen molar-refractivity contribution in [2.45, 2.75) is 18.9 Å². The maximum atomic E-state index is 13.4. The van der Waals surface area contributed by atoms with Crippen LogP contribution in [-0.4, -0.2) is 34.9 Å². The number of nitrogens with zero attached hydrogens (tertiary/aromatic N) is 4. The van der Waals surface area contributed by atoms with Gasteiger partial charge in [-0.15, -0.1) is 4.91 Å². The minimum Gasteiger partial charge on any atom is -0.457 e. The van der Waals surface area contributed by atoms with Crippen LogP contribution in [0.15, 0.2) is 84.9 Å². The summed E-state index contributed by atoms with van der Waals surface area (Å²) in [6.07, 6.45) is 6.24. The molecule has 2 heterocycles. The van der Waals surface area contributed by atoms with Gasteiger partial charge in [0.15, 0.2) is 0 Å². The monoisotopic (exact) mass is 461 g/mol. The number of piperidine rings is 1. The fourth-order valence-corrected chi connectivity index (χ4v) is 3.87. The first-order valence-electron chi connectivity index (χ1n) is 10.9. The summed E-state index contributed by atoms with van der Waals surface area (Å²) in [5, 5.41) is 7.86. The zero-order valence-electron chi connectivity index (χ0n) is 18.4. The van der Waals surface area contributed by atoms with Crippen LogP contribution in [0.5, 0.6) is 11.5 Å². The van der Waals surface area contributed by atoms with Crippen LogP contribution in [-0.2, 0) is 4.79 Å². The van der Waals surface area contributed by atoms with Crippen molar-refractivity contribution >= 4 is 23.0 Å². The highest BCUT2D eigenvalue weighted by atomic mass is 19.1. The predicted octanol–water partition coefficient (Wildman–Crippen LogP) is 5.42. The Hall–Kier alpha value is -4.27. The number of anilines is 3. The molecule has 2 aromatic carbocycles. The number of pyridine rings is 1. The Morgan fingerprint density at radius 2 is 2.06 bits per heavy atom. The quantitative estimate of drug-likeness (QED) is 0.274. The van der Waals surface area contributed by atoms with Crippen molar-refractivity contribution in [1.82, 2.24) is 9.88 Å². The molecule has 1 fully saturated rings. The molecule has 1 N–H and O–H groups in total. The third-order valence-electron chi connectivity index (χ3n) is 5.49. The number of hydrogen-bond acceptors (Lipinski definition) is 6. The Morgan fingerprint density at radius 1 is 1.24 bits per heavy atom. The Bertz CT molecular complexity index is 1170. The molecule has 174 valence electrons. The van der Waals surface area contributed by atoms with Gasteiger partial charge in [0.05, 0.1) is 22.9 Å². The molecule has 1 saturated heterocycles. The van der Waals surface area contributed by atoms with E-state index in [1.54, 1.807) is 59.8 Å². The fourth-order valence-electron chi connectivity index (χ4n) is 3.87. The minimum absolute atomic E-state index is 0.00865. The van der Waals surface area contributed by atoms with Crippen molar-refractivity contribution in [3.05, 3.63) is 90.4 Å². The molecule has 0 saturated carbocycles. The van der Waals surface area contributed by atoms with E-state index in [0.29, 0.717) is 41.7 Å². The molecule has 34 heavy (non-hydrogen) atoms. The second-order valence-electron chi connectivity index (χ2n) is 7.81. The molecule has 0 bridgehead atoms. The number of ether oxygens (including phenoxy) is 1. The summed E-state index contributed by atoms with van der Waals surface area (Å²) >= 11 is 0. The van der Waals surface area contributed by atoms with E-state index in [1.165, 1.54) is 23.2 Å². The van der Waals surface area contributed by atoms with Gasteiger partial charge in [0.25, 0.3) is 0 Å². The van der Waals surface area contributed by atoms with Crippen LogP contribution in [0.25, 0.3) is 0 Å². The molecular formula is C25H24FN5O3. The molecule has 1 amide bonds. The average Bonchev–Trinajstić information content (AvgIpc) is 2.86. The van der Waals surface area contributed by atoms with Crippen LogP contribution in [0.3, 0.4) is 0 Å². The summed E-state index contributed by atoms with van der Waals surface area (Å²) in [5.74, 6) is 0.363. The molecule has 1 aromatic heterocycles. The van der Waals surface area contributed by atoms with Gasteiger partial charge in [-0.2, -0.15) is 5.01 Å². The molecule has 1 aliphatic heterocycles. The van der Waals surface area contributed by atoms with E-state index in [0.717, 1.165) is 12.8 Å². The van der Waals surface area contributed by atoms with Crippen LogP contribution in [0.2, 0.25) is 0 Å². The van der Waals surface area contributed by atoms with Crippen LogP contribution in [0.1, 0.15) is 12.8 Å². The van der Waals surface area contributed by atoms with E-state index in [2.05, 4.69) is 22.2 Å². The number of carbonyl (C=O) groups is 1. The van der Waals surface area contributed by atoms with Crippen molar-refractivity contribution in [1.29, 1.82) is 0 Å². The maximum absolute atomic E-state index is 13.4. The van der Waals surface area contributed by atoms with Crippen LogP contribution < -0.4 is 15.1 Å². The summed E-state index contributed by atoms with van der Waals surface area (Å²) in [5.41, 5.74) is 1.65. The summed E-state index contributed by atoms with van der Waals surface area (Å²) in [7, 11) is 0. The van der Waals surface area contributed by atoms with E-state index >= 15 is 0 Å². The molecule has 9 heteroatoms. The van der Waals surface area contributed by atoms with E-state index in [4.69, 9.17) is 4.74 Å². The first-order valence-corrected chi connectivity index (χ1v) is 10.9. The number of carbonyl (C=O) groups excluding carboxylic acids is 1. The number of nitrogens with one attached hydrogen (secondary N) is 1. The lowest BCUT2D eigenvalue weighted by atomic mass is 10.0. The smallest absolute Gasteiger partial charge is 0.246 e. The van der Waals surface area contributed by atoms with Crippen LogP contribution in [0, 0.1) is 10.7 Å². The molecule has 0 spiro atoms. The first kappa shape index (κ1) is 22.9. The van der Waals surface area contributed by atoms with Gasteiger partial charge in [0.1, 0.15) is 23.0 Å². The lowest BCUT2D eigenvalue weighted by Crippen LogP contribution is -2.44. The SMILES string of the molecule is C=CC(=O)N1CCCC(Nc2ccncc2N(N=O)c2ccc(Oc3cccc(F)c3)cc2)C1. The van der Waals surface area contributed by atoms with E-state index in [9.17, 15) is 14.1 Å². The number of halogens is 1. The normalized spacial score (nSPS) is 15.3. The number of rotatable bonds is 8. The van der Waals surface area contributed by atoms with Crippen LogP contribution in [0.4, 0.5) is 21.5 Å². The van der Waals surface area contributed by atoms with Crippen molar-refractivity contribution in [3.63, 3.8) is 0 Å². The third kappa shape index (κ3) is 5.37. The van der Waals surface area contributed by atoms with Gasteiger partial charge in [-0.05, 0) is 61.4 Å². The topological polar surface area (TPSA) is 87.1 Å². The van der Waals surface area contributed by atoms with Gasteiger partial charge in [-0.1, -0.05) is 12.6 Å². The summed E-state index contributed by atoms with van der Waals surface area (Å²) < 4.78 is 19.1. The molecular weight excluding hydrogens is 437 g/mol.